The van der Waals surface area contributed by atoms with Crippen LogP contribution in [0, 0.1) is 11.7 Å². The van der Waals surface area contributed by atoms with Crippen LogP contribution in [0.4, 0.5) is 4.39 Å². The summed E-state index contributed by atoms with van der Waals surface area (Å²) in [5, 5.41) is 1.15. The minimum atomic E-state index is -0.325. The van der Waals surface area contributed by atoms with E-state index in [-0.39, 0.29) is 10.8 Å². The molecule has 0 aliphatic heterocycles. The molecule has 0 N–H and O–H groups in total. The molecule has 0 amide bonds. The summed E-state index contributed by atoms with van der Waals surface area (Å²) in [6.07, 6.45) is 1.99. The van der Waals surface area contributed by atoms with E-state index in [1.165, 1.54) is 6.07 Å². The Labute approximate surface area is 97.6 Å². The summed E-state index contributed by atoms with van der Waals surface area (Å²) in [4.78, 5) is 0. The third-order valence-electron chi connectivity index (χ3n) is 2.30. The fourth-order valence-corrected chi connectivity index (χ4v) is 2.11. The van der Waals surface area contributed by atoms with Crippen molar-refractivity contribution in [1.82, 2.24) is 0 Å². The van der Waals surface area contributed by atoms with Gasteiger partial charge < -0.3 is 0 Å². The molecular weight excluding hydrogens is 266 g/mol. The molecule has 0 radical (unpaired) electrons. The smallest absolute Gasteiger partial charge is 0.142 e. The number of rotatable bonds is 4. The van der Waals surface area contributed by atoms with E-state index < -0.39 is 0 Å². The summed E-state index contributed by atoms with van der Waals surface area (Å²) in [6, 6.07) is 5.03. The van der Waals surface area contributed by atoms with Gasteiger partial charge in [0.25, 0.3) is 0 Å². The molecule has 14 heavy (non-hydrogen) atoms. The van der Waals surface area contributed by atoms with E-state index >= 15 is 0 Å². The third kappa shape index (κ3) is 3.25. The second kappa shape index (κ2) is 5.72. The van der Waals surface area contributed by atoms with Gasteiger partial charge >= 0.3 is 0 Å². The second-order valence-corrected chi connectivity index (χ2v) is 4.44. The monoisotopic (exact) mass is 278 g/mol. The molecule has 1 aromatic rings. The molecule has 0 heterocycles. The lowest BCUT2D eigenvalue weighted by molar-refractivity contribution is 0.568. The van der Waals surface area contributed by atoms with Gasteiger partial charge in [-0.05, 0) is 30.0 Å². The molecule has 0 aliphatic rings. The third-order valence-corrected chi connectivity index (χ3v) is 3.53. The van der Waals surface area contributed by atoms with Gasteiger partial charge in [0, 0.05) is 5.33 Å². The maximum absolute atomic E-state index is 13.1. The van der Waals surface area contributed by atoms with Crippen molar-refractivity contribution in [2.75, 3.05) is 5.33 Å². The zero-order valence-corrected chi connectivity index (χ0v) is 10.4. The van der Waals surface area contributed by atoms with Crippen LogP contribution in [0.2, 0.25) is 5.02 Å². The van der Waals surface area contributed by atoms with Gasteiger partial charge in [-0.2, -0.15) is 0 Å². The lowest BCUT2D eigenvalue weighted by atomic mass is 9.99. The molecule has 0 bridgehead atoms. The average Bonchev–Trinajstić information content (AvgIpc) is 2.19. The Balaban J connectivity index is 2.72. The maximum atomic E-state index is 13.1. The Bertz CT molecular complexity index is 297. The standard InChI is InChI=1S/C11H13BrClF/c1-2-8(7-12)5-9-3-4-10(13)11(14)6-9/h3-4,6,8H,2,5,7H2,1H3. The Morgan fingerprint density at radius 2 is 2.21 bits per heavy atom. The number of benzene rings is 1. The normalized spacial score (nSPS) is 12.9. The number of hydrogen-bond acceptors (Lipinski definition) is 0. The lowest BCUT2D eigenvalue weighted by Crippen LogP contribution is -2.04. The quantitative estimate of drug-likeness (QED) is 0.715. The largest absolute Gasteiger partial charge is 0.205 e. The van der Waals surface area contributed by atoms with Crippen LogP contribution in [0.1, 0.15) is 18.9 Å². The van der Waals surface area contributed by atoms with Crippen molar-refractivity contribution in [3.05, 3.63) is 34.6 Å². The van der Waals surface area contributed by atoms with Gasteiger partial charge in [-0.1, -0.05) is 46.9 Å². The van der Waals surface area contributed by atoms with Crippen molar-refractivity contribution in [2.24, 2.45) is 5.92 Å². The van der Waals surface area contributed by atoms with E-state index in [1.807, 2.05) is 6.07 Å². The minimum absolute atomic E-state index is 0.195. The molecule has 3 heteroatoms. The van der Waals surface area contributed by atoms with Gasteiger partial charge in [0.15, 0.2) is 0 Å². The summed E-state index contributed by atoms with van der Waals surface area (Å²) in [6.45, 7) is 2.14. The first kappa shape index (κ1) is 12.0. The average molecular weight is 280 g/mol. The van der Waals surface area contributed by atoms with Crippen LogP contribution in [-0.4, -0.2) is 5.33 Å². The number of halogens is 3. The highest BCUT2D eigenvalue weighted by Gasteiger charge is 2.07. The topological polar surface area (TPSA) is 0 Å². The molecule has 1 aromatic carbocycles. The van der Waals surface area contributed by atoms with Crippen molar-refractivity contribution >= 4 is 27.5 Å². The zero-order valence-electron chi connectivity index (χ0n) is 8.06. The van der Waals surface area contributed by atoms with Crippen LogP contribution < -0.4 is 0 Å². The first-order chi connectivity index (χ1) is 6.67. The van der Waals surface area contributed by atoms with E-state index in [2.05, 4.69) is 22.9 Å². The molecule has 0 fully saturated rings. The first-order valence-corrected chi connectivity index (χ1v) is 6.17. The van der Waals surface area contributed by atoms with Crippen molar-refractivity contribution in [3.8, 4) is 0 Å². The molecule has 1 unspecified atom stereocenters. The van der Waals surface area contributed by atoms with Gasteiger partial charge in [0.05, 0.1) is 5.02 Å². The second-order valence-electron chi connectivity index (χ2n) is 3.38. The highest BCUT2D eigenvalue weighted by Crippen LogP contribution is 2.19. The van der Waals surface area contributed by atoms with E-state index in [0.29, 0.717) is 5.92 Å². The molecule has 1 atom stereocenters. The first-order valence-electron chi connectivity index (χ1n) is 4.67. The fourth-order valence-electron chi connectivity index (χ4n) is 1.31. The van der Waals surface area contributed by atoms with E-state index in [1.54, 1.807) is 6.07 Å². The predicted octanol–water partition coefficient (Wildman–Crippen LogP) is 4.44. The van der Waals surface area contributed by atoms with Crippen LogP contribution in [0.25, 0.3) is 0 Å². The zero-order chi connectivity index (χ0) is 10.6. The van der Waals surface area contributed by atoms with Crippen molar-refractivity contribution in [3.63, 3.8) is 0 Å². The molecule has 0 spiro atoms. The van der Waals surface area contributed by atoms with Gasteiger partial charge in [-0.15, -0.1) is 0 Å². The Morgan fingerprint density at radius 1 is 1.50 bits per heavy atom. The van der Waals surface area contributed by atoms with Crippen molar-refractivity contribution in [1.29, 1.82) is 0 Å². The molecule has 0 aliphatic carbocycles. The lowest BCUT2D eigenvalue weighted by Gasteiger charge is -2.11. The van der Waals surface area contributed by atoms with Gasteiger partial charge in [0.1, 0.15) is 5.82 Å². The van der Waals surface area contributed by atoms with Crippen LogP contribution >= 0.6 is 27.5 Å². The highest BCUT2D eigenvalue weighted by molar-refractivity contribution is 9.09. The summed E-state index contributed by atoms with van der Waals surface area (Å²) < 4.78 is 13.1. The predicted molar refractivity (Wildman–Crippen MR) is 62.7 cm³/mol. The molecule has 0 aromatic heterocycles. The Morgan fingerprint density at radius 3 is 2.71 bits per heavy atom. The highest BCUT2D eigenvalue weighted by atomic mass is 79.9. The van der Waals surface area contributed by atoms with E-state index in [0.717, 1.165) is 23.7 Å². The van der Waals surface area contributed by atoms with E-state index in [9.17, 15) is 4.39 Å². The Kier molecular flexibility index (Phi) is 4.90. The number of hydrogen-bond donors (Lipinski definition) is 0. The molecular formula is C11H13BrClF. The van der Waals surface area contributed by atoms with Crippen molar-refractivity contribution in [2.45, 2.75) is 19.8 Å². The molecule has 0 nitrogen and oxygen atoms in total. The molecule has 0 saturated heterocycles. The maximum Gasteiger partial charge on any atom is 0.142 e. The van der Waals surface area contributed by atoms with Gasteiger partial charge in [0.2, 0.25) is 0 Å². The number of alkyl halides is 1. The minimum Gasteiger partial charge on any atom is -0.205 e. The summed E-state index contributed by atoms with van der Waals surface area (Å²) in [7, 11) is 0. The van der Waals surface area contributed by atoms with Gasteiger partial charge in [-0.25, -0.2) is 4.39 Å². The van der Waals surface area contributed by atoms with Crippen molar-refractivity contribution < 1.29 is 4.39 Å². The molecule has 78 valence electrons. The van der Waals surface area contributed by atoms with Crippen LogP contribution in [0.3, 0.4) is 0 Å². The van der Waals surface area contributed by atoms with Gasteiger partial charge in [-0.3, -0.25) is 0 Å². The van der Waals surface area contributed by atoms with Crippen LogP contribution in [0.5, 0.6) is 0 Å². The van der Waals surface area contributed by atoms with Crippen LogP contribution in [-0.2, 0) is 6.42 Å². The summed E-state index contributed by atoms with van der Waals surface area (Å²) in [5.74, 6) is 0.240. The molecule has 0 saturated carbocycles. The SMILES string of the molecule is CCC(CBr)Cc1ccc(Cl)c(F)c1. The molecule has 1 rings (SSSR count). The summed E-state index contributed by atoms with van der Waals surface area (Å²) >= 11 is 9.05. The van der Waals surface area contributed by atoms with E-state index in [4.69, 9.17) is 11.6 Å². The fraction of sp³-hybridized carbons (Fsp3) is 0.455. The Hall–Kier alpha value is -0.0800. The summed E-state index contributed by atoms with van der Waals surface area (Å²) in [5.41, 5.74) is 1.01. The van der Waals surface area contributed by atoms with Crippen LogP contribution in [0.15, 0.2) is 18.2 Å².